The molecule has 1 aliphatic heterocycles. The van der Waals surface area contributed by atoms with Crippen molar-refractivity contribution in [3.63, 3.8) is 0 Å². The molecule has 2 aromatic rings. The average molecular weight is 639 g/mol. The van der Waals surface area contributed by atoms with Crippen LogP contribution in [0.4, 0.5) is 0 Å². The topological polar surface area (TPSA) is 179 Å². The number of esters is 2. The van der Waals surface area contributed by atoms with Crippen molar-refractivity contribution in [3.05, 3.63) is 35.2 Å². The van der Waals surface area contributed by atoms with Crippen LogP contribution in [0.3, 0.4) is 0 Å². The standard InChI is InChI=1S/C29H42N4O12/c1-38-28(36)23-18-25-26(19-24(23)29(37)39-2)45-17-15-43-13-11-41-9-7-32(6-8-40-10-12-42-14-16-44-25)20-22-21-33(31-30-22)5-3-4-27(34)35/h18-19,21H,3-17,20H2,1-2H3,(H,34,35). The summed E-state index contributed by atoms with van der Waals surface area (Å²) in [6.07, 6.45) is 2.37. The first-order valence-corrected chi connectivity index (χ1v) is 14.7. The minimum absolute atomic E-state index is 0.0191. The molecular formula is C29H42N4O12. The Balaban J connectivity index is 1.56. The van der Waals surface area contributed by atoms with Gasteiger partial charge in [-0.25, -0.2) is 9.59 Å². The van der Waals surface area contributed by atoms with Crippen LogP contribution in [0, 0.1) is 0 Å². The van der Waals surface area contributed by atoms with Gasteiger partial charge in [-0.1, -0.05) is 5.21 Å². The Hall–Kier alpha value is -3.83. The van der Waals surface area contributed by atoms with Gasteiger partial charge in [0.2, 0.25) is 0 Å². The number of carboxylic acid groups (broad SMARTS) is 1. The van der Waals surface area contributed by atoms with Gasteiger partial charge >= 0.3 is 17.9 Å². The largest absolute Gasteiger partial charge is 0.487 e. The van der Waals surface area contributed by atoms with Crippen LogP contribution < -0.4 is 9.47 Å². The molecule has 0 unspecified atom stereocenters. The molecule has 0 spiro atoms. The van der Waals surface area contributed by atoms with Crippen molar-refractivity contribution in [3.8, 4) is 11.5 Å². The van der Waals surface area contributed by atoms with Crippen molar-refractivity contribution < 1.29 is 57.4 Å². The van der Waals surface area contributed by atoms with Crippen LogP contribution in [0.15, 0.2) is 18.3 Å². The SMILES string of the molecule is COC(=O)c1cc2c(cc1C(=O)OC)OCCOCCOCCN(Cc1cn(CCCC(=O)O)nn1)CCOCCOCCO2. The molecule has 3 rings (SSSR count). The zero-order valence-corrected chi connectivity index (χ0v) is 25.8. The van der Waals surface area contributed by atoms with Crippen molar-refractivity contribution in [1.82, 2.24) is 19.9 Å². The molecule has 1 aliphatic rings. The lowest BCUT2D eigenvalue weighted by Gasteiger charge is -2.21. The summed E-state index contributed by atoms with van der Waals surface area (Å²) in [6, 6.07) is 2.76. The Labute approximate surface area is 261 Å². The molecule has 0 bridgehead atoms. The van der Waals surface area contributed by atoms with Crippen LogP contribution in [0.5, 0.6) is 11.5 Å². The molecule has 250 valence electrons. The third-order valence-corrected chi connectivity index (χ3v) is 6.46. The minimum atomic E-state index is -0.839. The number of nitrogens with zero attached hydrogens (tertiary/aromatic N) is 4. The summed E-state index contributed by atoms with van der Waals surface area (Å²) in [5, 5.41) is 17.1. The second-order valence-electron chi connectivity index (χ2n) is 9.72. The van der Waals surface area contributed by atoms with Crippen LogP contribution in [0.25, 0.3) is 0 Å². The molecule has 0 fully saturated rings. The van der Waals surface area contributed by atoms with E-state index < -0.39 is 17.9 Å². The van der Waals surface area contributed by atoms with Gasteiger partial charge in [0.25, 0.3) is 0 Å². The van der Waals surface area contributed by atoms with Gasteiger partial charge in [0, 0.05) is 38.8 Å². The molecule has 0 amide bonds. The molecule has 45 heavy (non-hydrogen) atoms. The van der Waals surface area contributed by atoms with E-state index >= 15 is 0 Å². The Morgan fingerprint density at radius 2 is 1.27 bits per heavy atom. The van der Waals surface area contributed by atoms with Crippen molar-refractivity contribution in [2.45, 2.75) is 25.9 Å². The highest BCUT2D eigenvalue weighted by Gasteiger charge is 2.23. The van der Waals surface area contributed by atoms with E-state index in [9.17, 15) is 14.4 Å². The number of benzene rings is 1. The van der Waals surface area contributed by atoms with Gasteiger partial charge in [-0.2, -0.15) is 0 Å². The molecule has 0 saturated carbocycles. The van der Waals surface area contributed by atoms with Gasteiger partial charge in [-0.05, 0) is 18.6 Å². The fourth-order valence-electron chi connectivity index (χ4n) is 4.21. The zero-order chi connectivity index (χ0) is 32.3. The summed E-state index contributed by atoms with van der Waals surface area (Å²) in [5.41, 5.74) is 0.726. The minimum Gasteiger partial charge on any atom is -0.487 e. The third kappa shape index (κ3) is 13.0. The Morgan fingerprint density at radius 3 is 1.76 bits per heavy atom. The number of carbonyl (C=O) groups is 3. The van der Waals surface area contributed by atoms with Gasteiger partial charge < -0.3 is 43.0 Å². The fraction of sp³-hybridized carbons (Fsp3) is 0.621. The summed E-state index contributed by atoms with van der Waals surface area (Å²) in [7, 11) is 2.43. The lowest BCUT2D eigenvalue weighted by Crippen LogP contribution is -2.31. The zero-order valence-electron chi connectivity index (χ0n) is 25.8. The van der Waals surface area contributed by atoms with Gasteiger partial charge in [-0.15, -0.1) is 5.10 Å². The van der Waals surface area contributed by atoms with Crippen molar-refractivity contribution in [2.24, 2.45) is 0 Å². The van der Waals surface area contributed by atoms with E-state index in [2.05, 4.69) is 15.2 Å². The Bertz CT molecular complexity index is 1150. The van der Waals surface area contributed by atoms with Crippen molar-refractivity contribution >= 4 is 17.9 Å². The Kier molecular flexibility index (Phi) is 16.0. The highest BCUT2D eigenvalue weighted by Crippen LogP contribution is 2.32. The first-order chi connectivity index (χ1) is 21.9. The number of methoxy groups -OCH3 is 2. The summed E-state index contributed by atoms with van der Waals surface area (Å²) < 4.78 is 45.7. The molecule has 16 heteroatoms. The molecule has 16 nitrogen and oxygen atoms in total. The summed E-state index contributed by atoms with van der Waals surface area (Å²) in [5.74, 6) is -1.82. The average Bonchev–Trinajstić information content (AvgIpc) is 3.48. The number of hydrogen-bond donors (Lipinski definition) is 1. The summed E-state index contributed by atoms with van der Waals surface area (Å²) in [6.45, 7) is 5.37. The number of carbonyl (C=O) groups excluding carboxylic acids is 2. The van der Waals surface area contributed by atoms with E-state index in [0.717, 1.165) is 5.69 Å². The highest BCUT2D eigenvalue weighted by molar-refractivity contribution is 6.04. The third-order valence-electron chi connectivity index (χ3n) is 6.46. The maximum Gasteiger partial charge on any atom is 0.338 e. The van der Waals surface area contributed by atoms with E-state index in [1.807, 2.05) is 6.20 Å². The number of aryl methyl sites for hydroxylation is 1. The van der Waals surface area contributed by atoms with E-state index in [0.29, 0.717) is 72.2 Å². The number of aromatic nitrogens is 3. The molecule has 1 N–H and O–H groups in total. The lowest BCUT2D eigenvalue weighted by atomic mass is 10.1. The van der Waals surface area contributed by atoms with Crippen LogP contribution in [0.2, 0.25) is 0 Å². The predicted octanol–water partition coefficient (Wildman–Crippen LogP) is 1.06. The molecular weight excluding hydrogens is 596 g/mol. The highest BCUT2D eigenvalue weighted by atomic mass is 16.6. The second kappa shape index (κ2) is 20.2. The first-order valence-electron chi connectivity index (χ1n) is 14.7. The predicted molar refractivity (Wildman–Crippen MR) is 156 cm³/mol. The molecule has 0 radical (unpaired) electrons. The van der Waals surface area contributed by atoms with Crippen LogP contribution in [0.1, 0.15) is 39.3 Å². The quantitative estimate of drug-likeness (QED) is 0.405. The van der Waals surface area contributed by atoms with Crippen molar-refractivity contribution in [1.29, 1.82) is 0 Å². The number of carboxylic acids is 1. The molecule has 0 atom stereocenters. The molecule has 1 aromatic carbocycles. The molecule has 0 saturated heterocycles. The Morgan fingerprint density at radius 1 is 0.778 bits per heavy atom. The van der Waals surface area contributed by atoms with Crippen molar-refractivity contribution in [2.75, 3.05) is 93.4 Å². The van der Waals surface area contributed by atoms with Gasteiger partial charge in [0.1, 0.15) is 13.2 Å². The van der Waals surface area contributed by atoms with Crippen LogP contribution in [-0.2, 0) is 46.3 Å². The smallest absolute Gasteiger partial charge is 0.338 e. The van der Waals surface area contributed by atoms with Gasteiger partial charge in [0.15, 0.2) is 11.5 Å². The number of hydrogen-bond acceptors (Lipinski definition) is 14. The first kappa shape index (κ1) is 35.6. The molecule has 2 heterocycles. The van der Waals surface area contributed by atoms with Crippen LogP contribution >= 0.6 is 0 Å². The number of ether oxygens (including phenoxy) is 8. The summed E-state index contributed by atoms with van der Waals surface area (Å²) >= 11 is 0. The van der Waals surface area contributed by atoms with E-state index in [-0.39, 0.29) is 55.5 Å². The van der Waals surface area contributed by atoms with E-state index in [4.69, 9.17) is 43.0 Å². The second-order valence-corrected chi connectivity index (χ2v) is 9.72. The number of rotatable bonds is 8. The maximum atomic E-state index is 12.4. The fourth-order valence-corrected chi connectivity index (χ4v) is 4.21. The molecule has 0 aliphatic carbocycles. The maximum absolute atomic E-state index is 12.4. The number of fused-ring (bicyclic) bond motifs is 1. The normalized spacial score (nSPS) is 16.7. The van der Waals surface area contributed by atoms with E-state index in [1.165, 1.54) is 26.4 Å². The van der Waals surface area contributed by atoms with E-state index in [1.54, 1.807) is 4.68 Å². The van der Waals surface area contributed by atoms with Gasteiger partial charge in [0.05, 0.1) is 83.9 Å². The number of aliphatic carboxylic acids is 1. The molecule has 1 aromatic heterocycles. The lowest BCUT2D eigenvalue weighted by molar-refractivity contribution is -0.137. The van der Waals surface area contributed by atoms with Gasteiger partial charge in [-0.3, -0.25) is 14.4 Å². The van der Waals surface area contributed by atoms with Crippen LogP contribution in [-0.4, -0.2) is 136 Å². The summed E-state index contributed by atoms with van der Waals surface area (Å²) in [4.78, 5) is 37.6. The monoisotopic (exact) mass is 638 g/mol.